The van der Waals surface area contributed by atoms with E-state index < -0.39 is 5.72 Å². The summed E-state index contributed by atoms with van der Waals surface area (Å²) in [5.74, 6) is 0.482. The van der Waals surface area contributed by atoms with E-state index in [4.69, 9.17) is 4.74 Å². The van der Waals surface area contributed by atoms with E-state index in [0.29, 0.717) is 5.92 Å². The quantitative estimate of drug-likeness (QED) is 0.863. The summed E-state index contributed by atoms with van der Waals surface area (Å²) in [5, 5.41) is 3.43. The average molecular weight is 277 g/mol. The van der Waals surface area contributed by atoms with Crippen molar-refractivity contribution in [3.05, 3.63) is 35.6 Å². The lowest BCUT2D eigenvalue weighted by Gasteiger charge is -2.51. The molecule has 3 fully saturated rings. The highest BCUT2D eigenvalue weighted by atomic mass is 19.1. The molecule has 2 aliphatic heterocycles. The average Bonchev–Trinajstić information content (AvgIpc) is 2.42. The van der Waals surface area contributed by atoms with Crippen molar-refractivity contribution in [1.29, 1.82) is 0 Å². The first-order chi connectivity index (χ1) is 9.57. The van der Waals surface area contributed by atoms with E-state index in [1.54, 1.807) is 0 Å². The highest BCUT2D eigenvalue weighted by Crippen LogP contribution is 2.43. The number of benzene rings is 1. The summed E-state index contributed by atoms with van der Waals surface area (Å²) in [5.41, 5.74) is 0.576. The Morgan fingerprint density at radius 2 is 2.20 bits per heavy atom. The second kappa shape index (κ2) is 5.17. The van der Waals surface area contributed by atoms with E-state index >= 15 is 0 Å². The fourth-order valence-corrected chi connectivity index (χ4v) is 3.65. The number of rotatable bonds is 3. The summed E-state index contributed by atoms with van der Waals surface area (Å²) in [6.45, 7) is 2.39. The Bertz CT molecular complexity index is 492. The van der Waals surface area contributed by atoms with Crippen molar-refractivity contribution in [3.8, 4) is 0 Å². The van der Waals surface area contributed by atoms with E-state index in [-0.39, 0.29) is 17.7 Å². The van der Waals surface area contributed by atoms with Crippen LogP contribution in [0.25, 0.3) is 0 Å². The predicted molar refractivity (Wildman–Crippen MR) is 73.4 cm³/mol. The molecule has 0 radical (unpaired) electrons. The normalized spacial score (nSPS) is 32.1. The number of piperidine rings is 2. The number of nitrogens with one attached hydrogen (secondary N) is 1. The van der Waals surface area contributed by atoms with E-state index in [1.807, 2.05) is 12.1 Å². The van der Waals surface area contributed by atoms with Crippen LogP contribution in [-0.2, 0) is 16.0 Å². The monoisotopic (exact) mass is 277 g/mol. The number of hydrogen-bond acceptors (Lipinski definition) is 3. The molecule has 1 aromatic rings. The van der Waals surface area contributed by atoms with Crippen LogP contribution in [0.1, 0.15) is 31.7 Å². The second-order valence-electron chi connectivity index (χ2n) is 6.03. The molecule has 1 N–H and O–H groups in total. The van der Waals surface area contributed by atoms with Gasteiger partial charge in [0.05, 0.1) is 0 Å². The maximum atomic E-state index is 13.0. The number of carbonyl (C=O) groups excluding carboxylic acids is 1. The zero-order valence-corrected chi connectivity index (χ0v) is 11.7. The fraction of sp³-hybridized carbons (Fsp3) is 0.562. The Labute approximate surface area is 118 Å². The first-order valence-electron chi connectivity index (χ1n) is 7.26. The molecule has 3 aliphatic rings. The third kappa shape index (κ3) is 2.57. The first kappa shape index (κ1) is 13.6. The molecule has 1 aromatic carbocycles. The van der Waals surface area contributed by atoms with Crippen LogP contribution < -0.4 is 5.32 Å². The van der Waals surface area contributed by atoms with Crippen molar-refractivity contribution < 1.29 is 13.9 Å². The molecule has 2 bridgehead atoms. The van der Waals surface area contributed by atoms with Gasteiger partial charge in [-0.05, 0) is 42.9 Å². The summed E-state index contributed by atoms with van der Waals surface area (Å²) in [6, 6.07) is 6.61. The molecule has 3 nitrogen and oxygen atoms in total. The minimum absolute atomic E-state index is 0.216. The number of esters is 1. The summed E-state index contributed by atoms with van der Waals surface area (Å²) < 4.78 is 18.6. The van der Waals surface area contributed by atoms with E-state index in [9.17, 15) is 9.18 Å². The molecule has 1 saturated carbocycles. The zero-order valence-electron chi connectivity index (χ0n) is 11.7. The SMILES string of the molecule is CC(=O)OC12CCC(CN1)CC2Cc1ccc(F)cc1. The molecular formula is C16H20FNO2. The van der Waals surface area contributed by atoms with Crippen LogP contribution >= 0.6 is 0 Å². The number of hydrogen-bond donors (Lipinski definition) is 1. The van der Waals surface area contributed by atoms with Gasteiger partial charge in [-0.1, -0.05) is 12.1 Å². The fourth-order valence-electron chi connectivity index (χ4n) is 3.65. The molecule has 0 spiro atoms. The van der Waals surface area contributed by atoms with Gasteiger partial charge in [-0.3, -0.25) is 10.1 Å². The lowest BCUT2D eigenvalue weighted by molar-refractivity contribution is -0.186. The molecule has 108 valence electrons. The van der Waals surface area contributed by atoms with Crippen LogP contribution in [0.15, 0.2) is 24.3 Å². The molecule has 20 heavy (non-hydrogen) atoms. The van der Waals surface area contributed by atoms with Crippen LogP contribution in [-0.4, -0.2) is 18.2 Å². The highest BCUT2D eigenvalue weighted by Gasteiger charge is 2.49. The molecule has 1 aliphatic carbocycles. The summed E-state index contributed by atoms with van der Waals surface area (Å²) >= 11 is 0. The van der Waals surface area contributed by atoms with Crippen LogP contribution in [0.2, 0.25) is 0 Å². The lowest BCUT2D eigenvalue weighted by atomic mass is 9.69. The van der Waals surface area contributed by atoms with Crippen LogP contribution in [0.5, 0.6) is 0 Å². The number of halogens is 1. The molecule has 0 aromatic heterocycles. The van der Waals surface area contributed by atoms with Gasteiger partial charge < -0.3 is 4.74 Å². The zero-order chi connectivity index (χ0) is 14.2. The summed E-state index contributed by atoms with van der Waals surface area (Å²) in [4.78, 5) is 11.4. The molecule has 0 amide bonds. The van der Waals surface area contributed by atoms with Gasteiger partial charge in [0.15, 0.2) is 5.72 Å². The van der Waals surface area contributed by atoms with E-state index in [2.05, 4.69) is 5.32 Å². The molecule has 2 saturated heterocycles. The van der Waals surface area contributed by atoms with E-state index in [0.717, 1.165) is 37.8 Å². The smallest absolute Gasteiger partial charge is 0.304 e. The molecular weight excluding hydrogens is 257 g/mol. The van der Waals surface area contributed by atoms with Crippen molar-refractivity contribution >= 4 is 5.97 Å². The third-order valence-corrected chi connectivity index (χ3v) is 4.61. The van der Waals surface area contributed by atoms with Gasteiger partial charge in [-0.2, -0.15) is 0 Å². The van der Waals surface area contributed by atoms with Crippen molar-refractivity contribution in [2.24, 2.45) is 11.8 Å². The van der Waals surface area contributed by atoms with Crippen molar-refractivity contribution in [3.63, 3.8) is 0 Å². The van der Waals surface area contributed by atoms with Gasteiger partial charge in [0.2, 0.25) is 0 Å². The van der Waals surface area contributed by atoms with Crippen molar-refractivity contribution in [2.45, 2.75) is 38.3 Å². The Morgan fingerprint density at radius 3 is 2.80 bits per heavy atom. The van der Waals surface area contributed by atoms with E-state index in [1.165, 1.54) is 19.1 Å². The highest BCUT2D eigenvalue weighted by molar-refractivity contribution is 5.66. The number of carbonyl (C=O) groups is 1. The lowest BCUT2D eigenvalue weighted by Crippen LogP contribution is -2.63. The first-order valence-corrected chi connectivity index (χ1v) is 7.26. The Balaban J connectivity index is 1.79. The summed E-state index contributed by atoms with van der Waals surface area (Å²) in [6.07, 6.45) is 3.87. The summed E-state index contributed by atoms with van der Waals surface area (Å²) in [7, 11) is 0. The van der Waals surface area contributed by atoms with Gasteiger partial charge in [0, 0.05) is 25.8 Å². The maximum absolute atomic E-state index is 13.0. The number of fused-ring (bicyclic) bond motifs is 3. The van der Waals surface area contributed by atoms with Crippen molar-refractivity contribution in [2.75, 3.05) is 6.54 Å². The van der Waals surface area contributed by atoms with Gasteiger partial charge in [0.25, 0.3) is 0 Å². The Hall–Kier alpha value is -1.42. The van der Waals surface area contributed by atoms with Crippen LogP contribution in [0.4, 0.5) is 4.39 Å². The van der Waals surface area contributed by atoms with Gasteiger partial charge >= 0.3 is 5.97 Å². The van der Waals surface area contributed by atoms with Crippen LogP contribution in [0, 0.1) is 17.7 Å². The minimum atomic E-state index is -0.519. The molecule has 4 heteroatoms. The predicted octanol–water partition coefficient (Wildman–Crippen LogP) is 2.65. The van der Waals surface area contributed by atoms with Crippen LogP contribution in [0.3, 0.4) is 0 Å². The maximum Gasteiger partial charge on any atom is 0.304 e. The van der Waals surface area contributed by atoms with Crippen molar-refractivity contribution in [1.82, 2.24) is 5.32 Å². The van der Waals surface area contributed by atoms with Gasteiger partial charge in [-0.15, -0.1) is 0 Å². The topological polar surface area (TPSA) is 38.3 Å². The molecule has 3 unspecified atom stereocenters. The molecule has 4 rings (SSSR count). The Kier molecular flexibility index (Phi) is 3.50. The second-order valence-corrected chi connectivity index (χ2v) is 6.03. The molecule has 3 atom stereocenters. The number of ether oxygens (including phenoxy) is 1. The minimum Gasteiger partial charge on any atom is -0.444 e. The Morgan fingerprint density at radius 1 is 1.45 bits per heavy atom. The largest absolute Gasteiger partial charge is 0.444 e. The molecule has 2 heterocycles. The van der Waals surface area contributed by atoms with Gasteiger partial charge in [-0.25, -0.2) is 4.39 Å². The standard InChI is InChI=1S/C16H20FNO2/c1-11(19)20-16-7-6-13(10-18-16)9-14(16)8-12-2-4-15(17)5-3-12/h2-5,13-14,18H,6-10H2,1H3. The van der Waals surface area contributed by atoms with Gasteiger partial charge in [0.1, 0.15) is 5.82 Å². The third-order valence-electron chi connectivity index (χ3n) is 4.61.